The molecule has 0 saturated carbocycles. The molecule has 174 valence electrons. The van der Waals surface area contributed by atoms with Crippen molar-refractivity contribution in [1.82, 2.24) is 4.90 Å². The first kappa shape index (κ1) is 23.3. The van der Waals surface area contributed by atoms with E-state index in [0.29, 0.717) is 22.0 Å². The van der Waals surface area contributed by atoms with Gasteiger partial charge in [-0.05, 0) is 35.4 Å². The highest BCUT2D eigenvalue weighted by Crippen LogP contribution is 2.27. The largest absolute Gasteiger partial charge is 0.497 e. The number of halogens is 1. The number of carbonyl (C=O) groups excluding carboxylic acids is 3. The molecular weight excluding hydrogens is 456 g/mol. The third-order valence-corrected chi connectivity index (χ3v) is 5.91. The molecule has 0 fully saturated rings. The topological polar surface area (TPSA) is 84.9 Å². The van der Waals surface area contributed by atoms with Crippen molar-refractivity contribution >= 4 is 35.1 Å². The number of methoxy groups -OCH3 is 1. The van der Waals surface area contributed by atoms with Crippen LogP contribution in [0.25, 0.3) is 0 Å². The number of carbonyl (C=O) groups is 3. The second kappa shape index (κ2) is 10.4. The molecular formula is C26H23ClN2O5. The molecule has 0 aromatic heterocycles. The third-order valence-electron chi connectivity index (χ3n) is 5.58. The lowest BCUT2D eigenvalue weighted by molar-refractivity contribution is -0.152. The van der Waals surface area contributed by atoms with E-state index in [-0.39, 0.29) is 18.9 Å². The van der Waals surface area contributed by atoms with Crippen LogP contribution in [-0.2, 0) is 27.3 Å². The quantitative estimate of drug-likeness (QED) is 0.539. The molecule has 0 saturated heterocycles. The summed E-state index contributed by atoms with van der Waals surface area (Å²) in [5.41, 5.74) is 2.72. The highest BCUT2D eigenvalue weighted by Gasteiger charge is 2.36. The molecule has 3 aromatic rings. The Hall–Kier alpha value is -3.84. The molecule has 1 N–H and O–H groups in total. The fraction of sp³-hybridized carbons (Fsp3) is 0.192. The average molecular weight is 479 g/mol. The van der Waals surface area contributed by atoms with E-state index < -0.39 is 24.5 Å². The Morgan fingerprint density at radius 2 is 1.74 bits per heavy atom. The first-order valence-electron chi connectivity index (χ1n) is 10.7. The number of benzene rings is 3. The zero-order valence-electron chi connectivity index (χ0n) is 18.5. The number of ether oxygens (including phenoxy) is 2. The van der Waals surface area contributed by atoms with E-state index in [1.54, 1.807) is 48.5 Å². The van der Waals surface area contributed by atoms with Crippen molar-refractivity contribution in [2.45, 2.75) is 19.0 Å². The van der Waals surface area contributed by atoms with E-state index in [2.05, 4.69) is 5.32 Å². The summed E-state index contributed by atoms with van der Waals surface area (Å²) < 4.78 is 10.5. The zero-order valence-corrected chi connectivity index (χ0v) is 19.2. The van der Waals surface area contributed by atoms with Gasteiger partial charge in [0.05, 0.1) is 17.7 Å². The Kier molecular flexibility index (Phi) is 7.13. The van der Waals surface area contributed by atoms with Gasteiger partial charge < -0.3 is 19.7 Å². The van der Waals surface area contributed by atoms with Crippen LogP contribution in [0.15, 0.2) is 72.8 Å². The monoisotopic (exact) mass is 478 g/mol. The average Bonchev–Trinajstić information content (AvgIpc) is 2.86. The van der Waals surface area contributed by atoms with E-state index >= 15 is 0 Å². The SMILES string of the molecule is COc1cccc(NC(=O)COC(=O)[C@@H]2Cc3ccccc3CN2C(=O)c2ccccc2Cl)c1. The number of anilines is 1. The third kappa shape index (κ3) is 5.21. The predicted molar refractivity (Wildman–Crippen MR) is 128 cm³/mol. The summed E-state index contributed by atoms with van der Waals surface area (Å²) in [7, 11) is 1.53. The summed E-state index contributed by atoms with van der Waals surface area (Å²) >= 11 is 6.24. The van der Waals surface area contributed by atoms with Crippen LogP contribution in [0.4, 0.5) is 5.69 Å². The summed E-state index contributed by atoms with van der Waals surface area (Å²) in [5, 5.41) is 2.97. The standard InChI is InChI=1S/C26H23ClN2O5/c1-33-20-10-6-9-19(14-20)28-24(30)16-34-26(32)23-13-17-7-2-3-8-18(17)15-29(23)25(31)21-11-4-5-12-22(21)27/h2-12,14,23H,13,15-16H2,1H3,(H,28,30)/t23-/m0/s1. The maximum absolute atomic E-state index is 13.3. The lowest BCUT2D eigenvalue weighted by Gasteiger charge is -2.35. The summed E-state index contributed by atoms with van der Waals surface area (Å²) in [4.78, 5) is 40.2. The summed E-state index contributed by atoms with van der Waals surface area (Å²) in [6, 6.07) is 20.3. The van der Waals surface area contributed by atoms with Crippen molar-refractivity contribution in [3.05, 3.63) is 94.5 Å². The van der Waals surface area contributed by atoms with Crippen molar-refractivity contribution in [3.8, 4) is 5.75 Å². The number of nitrogens with one attached hydrogen (secondary N) is 1. The Morgan fingerprint density at radius 1 is 1.00 bits per heavy atom. The van der Waals surface area contributed by atoms with E-state index in [1.807, 2.05) is 24.3 Å². The maximum Gasteiger partial charge on any atom is 0.329 e. The van der Waals surface area contributed by atoms with Gasteiger partial charge in [0.25, 0.3) is 11.8 Å². The summed E-state index contributed by atoms with van der Waals surface area (Å²) in [6.45, 7) is -0.252. The lowest BCUT2D eigenvalue weighted by Crippen LogP contribution is -2.49. The second-order valence-corrected chi connectivity index (χ2v) is 8.20. The van der Waals surface area contributed by atoms with Gasteiger partial charge in [0.2, 0.25) is 0 Å². The maximum atomic E-state index is 13.3. The van der Waals surface area contributed by atoms with Crippen LogP contribution in [0.3, 0.4) is 0 Å². The van der Waals surface area contributed by atoms with Gasteiger partial charge in [-0.2, -0.15) is 0 Å². The van der Waals surface area contributed by atoms with Crippen LogP contribution < -0.4 is 10.1 Å². The van der Waals surface area contributed by atoms with Crippen LogP contribution in [-0.4, -0.2) is 42.4 Å². The van der Waals surface area contributed by atoms with Gasteiger partial charge in [-0.3, -0.25) is 9.59 Å². The van der Waals surface area contributed by atoms with E-state index in [9.17, 15) is 14.4 Å². The van der Waals surface area contributed by atoms with Crippen molar-refractivity contribution in [2.24, 2.45) is 0 Å². The Labute approximate surface area is 202 Å². The van der Waals surface area contributed by atoms with Gasteiger partial charge in [0.1, 0.15) is 11.8 Å². The second-order valence-electron chi connectivity index (χ2n) is 7.79. The van der Waals surface area contributed by atoms with Crippen molar-refractivity contribution in [1.29, 1.82) is 0 Å². The number of amides is 2. The van der Waals surface area contributed by atoms with Crippen molar-refractivity contribution in [3.63, 3.8) is 0 Å². The molecule has 34 heavy (non-hydrogen) atoms. The van der Waals surface area contributed by atoms with Gasteiger partial charge >= 0.3 is 5.97 Å². The smallest absolute Gasteiger partial charge is 0.329 e. The number of fused-ring (bicyclic) bond motifs is 1. The Balaban J connectivity index is 1.49. The van der Waals surface area contributed by atoms with Crippen LogP contribution in [0.1, 0.15) is 21.5 Å². The fourth-order valence-electron chi connectivity index (χ4n) is 3.87. The number of nitrogens with zero attached hydrogens (tertiary/aromatic N) is 1. The molecule has 1 heterocycles. The molecule has 1 aliphatic rings. The molecule has 8 heteroatoms. The molecule has 0 aliphatic carbocycles. The van der Waals surface area contributed by atoms with Gasteiger partial charge in [0, 0.05) is 24.7 Å². The van der Waals surface area contributed by atoms with Crippen LogP contribution in [0, 0.1) is 0 Å². The zero-order chi connectivity index (χ0) is 24.1. The van der Waals surface area contributed by atoms with Crippen molar-refractivity contribution in [2.75, 3.05) is 19.0 Å². The minimum atomic E-state index is -0.886. The molecule has 1 aliphatic heterocycles. The number of hydrogen-bond acceptors (Lipinski definition) is 5. The molecule has 7 nitrogen and oxygen atoms in total. The minimum Gasteiger partial charge on any atom is -0.497 e. The fourth-order valence-corrected chi connectivity index (χ4v) is 4.08. The number of hydrogen-bond donors (Lipinski definition) is 1. The molecule has 0 unspecified atom stereocenters. The molecule has 0 radical (unpaired) electrons. The molecule has 0 spiro atoms. The first-order valence-corrected chi connectivity index (χ1v) is 11.1. The molecule has 0 bridgehead atoms. The van der Waals surface area contributed by atoms with E-state index in [0.717, 1.165) is 11.1 Å². The predicted octanol–water partition coefficient (Wildman–Crippen LogP) is 4.10. The lowest BCUT2D eigenvalue weighted by atomic mass is 9.93. The van der Waals surface area contributed by atoms with Gasteiger partial charge in [-0.25, -0.2) is 4.79 Å². The molecule has 2 amide bonds. The first-order chi connectivity index (χ1) is 16.5. The van der Waals surface area contributed by atoms with Crippen LogP contribution in [0.5, 0.6) is 5.75 Å². The van der Waals surface area contributed by atoms with Crippen LogP contribution in [0.2, 0.25) is 5.02 Å². The van der Waals surface area contributed by atoms with E-state index in [4.69, 9.17) is 21.1 Å². The Bertz CT molecular complexity index is 1230. The normalized spacial score (nSPS) is 14.6. The highest BCUT2D eigenvalue weighted by molar-refractivity contribution is 6.33. The van der Waals surface area contributed by atoms with Crippen molar-refractivity contribution < 1.29 is 23.9 Å². The van der Waals surface area contributed by atoms with Crippen LogP contribution >= 0.6 is 11.6 Å². The molecule has 1 atom stereocenters. The minimum absolute atomic E-state index is 0.232. The van der Waals surface area contributed by atoms with Gasteiger partial charge in [0.15, 0.2) is 6.61 Å². The van der Waals surface area contributed by atoms with Gasteiger partial charge in [-0.15, -0.1) is 0 Å². The number of esters is 1. The summed E-state index contributed by atoms with van der Waals surface area (Å²) in [6.07, 6.45) is 0.280. The Morgan fingerprint density at radius 3 is 2.50 bits per heavy atom. The molecule has 4 rings (SSSR count). The molecule has 3 aromatic carbocycles. The highest BCUT2D eigenvalue weighted by atomic mass is 35.5. The summed E-state index contributed by atoms with van der Waals surface area (Å²) in [5.74, 6) is -0.940. The van der Waals surface area contributed by atoms with E-state index in [1.165, 1.54) is 12.0 Å². The van der Waals surface area contributed by atoms with Gasteiger partial charge in [-0.1, -0.05) is 54.1 Å². The number of rotatable bonds is 6.